The van der Waals surface area contributed by atoms with E-state index < -0.39 is 0 Å². The molecule has 8 aromatic carbocycles. The lowest BCUT2D eigenvalue weighted by atomic mass is 9.39. The normalized spacial score (nSPS) is 12.0. The van der Waals surface area contributed by atoms with Crippen molar-refractivity contribution in [2.75, 3.05) is 0 Å². The first-order chi connectivity index (χ1) is 29.3. The first kappa shape index (κ1) is 33.5. The number of nitrogens with zero attached hydrogens (tertiary/aromatic N) is 3. The van der Waals surface area contributed by atoms with E-state index in [2.05, 4.69) is 227 Å². The molecule has 0 amide bonds. The number of imidazole rings is 1. The van der Waals surface area contributed by atoms with Crippen LogP contribution in [0, 0.1) is 0 Å². The van der Waals surface area contributed by atoms with Crippen molar-refractivity contribution in [3.8, 4) is 61.6 Å². The predicted molar refractivity (Wildman–Crippen MR) is 248 cm³/mol. The fraction of sp³-hybridized carbons (Fsp3) is 0. The number of hydrogen-bond donors (Lipinski definition) is 0. The highest BCUT2D eigenvalue weighted by Gasteiger charge is 2.35. The molecule has 11 aromatic rings. The number of para-hydroxylation sites is 2. The molecule has 0 saturated heterocycles. The Kier molecular flexibility index (Phi) is 7.64. The van der Waals surface area contributed by atoms with Crippen LogP contribution >= 0.6 is 0 Å². The van der Waals surface area contributed by atoms with Crippen molar-refractivity contribution < 1.29 is 0 Å². The highest BCUT2D eigenvalue weighted by molar-refractivity contribution is 6.99. The summed E-state index contributed by atoms with van der Waals surface area (Å²) in [6.45, 7) is 0.146. The number of rotatable bonds is 6. The lowest BCUT2D eigenvalue weighted by Gasteiger charge is -2.13. The fourth-order valence-corrected chi connectivity index (χ4v) is 9.61. The summed E-state index contributed by atoms with van der Waals surface area (Å²) < 4.78 is 4.58. The van der Waals surface area contributed by atoms with Crippen molar-refractivity contribution in [1.82, 2.24) is 14.0 Å². The molecule has 0 atom stereocenters. The van der Waals surface area contributed by atoms with E-state index >= 15 is 0 Å². The van der Waals surface area contributed by atoms with E-state index in [1.54, 1.807) is 0 Å². The zero-order valence-corrected chi connectivity index (χ0v) is 32.2. The maximum Gasteiger partial charge on any atom is 0.242 e. The van der Waals surface area contributed by atoms with E-state index in [4.69, 9.17) is 4.98 Å². The topological polar surface area (TPSA) is 22.2 Å². The molecule has 1 aliphatic heterocycles. The van der Waals surface area contributed by atoms with Gasteiger partial charge in [0.15, 0.2) is 0 Å². The van der Waals surface area contributed by atoms with Crippen LogP contribution in [0.4, 0.5) is 0 Å². The van der Waals surface area contributed by atoms with Crippen LogP contribution < -0.4 is 16.4 Å². The predicted octanol–water partition coefficient (Wildman–Crippen LogP) is 11.6. The summed E-state index contributed by atoms with van der Waals surface area (Å²) in [5.41, 5.74) is 20.3. The molecule has 3 nitrogen and oxygen atoms in total. The number of fused-ring (bicyclic) bond motifs is 7. The first-order valence-electron chi connectivity index (χ1n) is 20.3. The molecule has 274 valence electrons. The van der Waals surface area contributed by atoms with Gasteiger partial charge in [-0.25, -0.2) is 4.98 Å². The van der Waals surface area contributed by atoms with Crippen molar-refractivity contribution in [3.63, 3.8) is 0 Å². The molecule has 0 bridgehead atoms. The molecule has 0 N–H and O–H groups in total. The minimum Gasteiger partial charge on any atom is -0.309 e. The molecule has 4 heteroatoms. The molecule has 12 rings (SSSR count). The van der Waals surface area contributed by atoms with Gasteiger partial charge in [0.2, 0.25) is 6.71 Å². The Morgan fingerprint density at radius 3 is 1.90 bits per heavy atom. The molecule has 0 spiro atoms. The summed E-state index contributed by atoms with van der Waals surface area (Å²) >= 11 is 0. The van der Waals surface area contributed by atoms with Crippen molar-refractivity contribution in [2.24, 2.45) is 0 Å². The second-order valence-electron chi connectivity index (χ2n) is 15.5. The Bertz CT molecular complexity index is 3360. The Morgan fingerprint density at radius 1 is 0.407 bits per heavy atom. The fourth-order valence-electron chi connectivity index (χ4n) is 9.61. The summed E-state index contributed by atoms with van der Waals surface area (Å²) in [7, 11) is 0. The van der Waals surface area contributed by atoms with Gasteiger partial charge in [0.05, 0.1) is 22.4 Å². The average Bonchev–Trinajstić information content (AvgIpc) is 3.98. The second-order valence-corrected chi connectivity index (χ2v) is 15.5. The zero-order chi connectivity index (χ0) is 38.9. The summed E-state index contributed by atoms with van der Waals surface area (Å²) in [5, 5.41) is 2.51. The summed E-state index contributed by atoms with van der Waals surface area (Å²) in [6.07, 6.45) is 2.10. The molecule has 59 heavy (non-hydrogen) atoms. The Balaban J connectivity index is 1.00. The second kappa shape index (κ2) is 13.5. The van der Waals surface area contributed by atoms with Gasteiger partial charge < -0.3 is 4.57 Å². The minimum absolute atomic E-state index is 0.146. The smallest absolute Gasteiger partial charge is 0.242 e. The van der Waals surface area contributed by atoms with E-state index in [1.165, 1.54) is 77.3 Å². The van der Waals surface area contributed by atoms with Crippen molar-refractivity contribution in [1.29, 1.82) is 0 Å². The standard InChI is InChI=1S/C55H36BN3/c1-4-15-39(16-5-1)55-54(57-52-25-12-13-34-58(52)55)38-28-26-37(27-29-38)44-22-14-23-49-53(44)47-36-40(30-32-48(47)56(49)42-17-6-2-7-18-42)41-31-33-51-46(35-41)45-21-10-11-24-50(45)59(51)43-19-8-3-9-20-43/h1-36H. The van der Waals surface area contributed by atoms with E-state index in [0.29, 0.717) is 0 Å². The average molecular weight is 750 g/mol. The van der Waals surface area contributed by atoms with Crippen LogP contribution in [0.3, 0.4) is 0 Å². The first-order valence-corrected chi connectivity index (χ1v) is 20.3. The van der Waals surface area contributed by atoms with Crippen molar-refractivity contribution >= 4 is 50.6 Å². The summed E-state index contributed by atoms with van der Waals surface area (Å²) in [6, 6.07) is 77.2. The maximum absolute atomic E-state index is 5.15. The van der Waals surface area contributed by atoms with Gasteiger partial charge in [-0.2, -0.15) is 0 Å². The molecular weight excluding hydrogens is 713 g/mol. The van der Waals surface area contributed by atoms with E-state index in [-0.39, 0.29) is 6.71 Å². The third-order valence-electron chi connectivity index (χ3n) is 12.2. The molecule has 4 heterocycles. The van der Waals surface area contributed by atoms with Gasteiger partial charge in [-0.15, -0.1) is 0 Å². The molecular formula is C55H36BN3. The third-order valence-corrected chi connectivity index (χ3v) is 12.2. The zero-order valence-electron chi connectivity index (χ0n) is 32.2. The molecule has 1 aliphatic rings. The van der Waals surface area contributed by atoms with Crippen molar-refractivity contribution in [3.05, 3.63) is 219 Å². The van der Waals surface area contributed by atoms with Crippen LogP contribution in [0.2, 0.25) is 0 Å². The van der Waals surface area contributed by atoms with Gasteiger partial charge in [-0.3, -0.25) is 4.40 Å². The van der Waals surface area contributed by atoms with Gasteiger partial charge in [0.25, 0.3) is 0 Å². The van der Waals surface area contributed by atoms with Gasteiger partial charge in [0, 0.05) is 33.8 Å². The van der Waals surface area contributed by atoms with E-state index in [1.807, 2.05) is 0 Å². The minimum atomic E-state index is 0.146. The van der Waals surface area contributed by atoms with Gasteiger partial charge in [-0.1, -0.05) is 180 Å². The molecule has 0 aliphatic carbocycles. The number of pyridine rings is 1. The summed E-state index contributed by atoms with van der Waals surface area (Å²) in [5.74, 6) is 0. The van der Waals surface area contributed by atoms with Crippen molar-refractivity contribution in [2.45, 2.75) is 0 Å². The van der Waals surface area contributed by atoms with Crippen LogP contribution in [-0.4, -0.2) is 20.7 Å². The number of hydrogen-bond acceptors (Lipinski definition) is 1. The van der Waals surface area contributed by atoms with Gasteiger partial charge in [0.1, 0.15) is 5.65 Å². The van der Waals surface area contributed by atoms with Crippen LogP contribution in [0.15, 0.2) is 219 Å². The largest absolute Gasteiger partial charge is 0.309 e. The molecule has 0 saturated carbocycles. The number of aromatic nitrogens is 3. The number of benzene rings is 8. The lowest BCUT2D eigenvalue weighted by molar-refractivity contribution is 1.18. The quantitative estimate of drug-likeness (QED) is 0.155. The Hall–Kier alpha value is -7.69. The highest BCUT2D eigenvalue weighted by Crippen LogP contribution is 2.40. The van der Waals surface area contributed by atoms with Crippen LogP contribution in [0.25, 0.3) is 89.0 Å². The molecule has 0 radical (unpaired) electrons. The van der Waals surface area contributed by atoms with Crippen LogP contribution in [0.5, 0.6) is 0 Å². The highest BCUT2D eigenvalue weighted by atomic mass is 15.0. The lowest BCUT2D eigenvalue weighted by Crippen LogP contribution is -2.48. The monoisotopic (exact) mass is 749 g/mol. The third kappa shape index (κ3) is 5.34. The maximum atomic E-state index is 5.15. The van der Waals surface area contributed by atoms with Crippen LogP contribution in [0.1, 0.15) is 0 Å². The van der Waals surface area contributed by atoms with E-state index in [9.17, 15) is 0 Å². The molecule has 3 aromatic heterocycles. The molecule has 0 fully saturated rings. The summed E-state index contributed by atoms with van der Waals surface area (Å²) in [4.78, 5) is 5.15. The van der Waals surface area contributed by atoms with Crippen LogP contribution in [-0.2, 0) is 0 Å². The Labute approximate surface area is 343 Å². The molecule has 0 unspecified atom stereocenters. The van der Waals surface area contributed by atoms with Gasteiger partial charge >= 0.3 is 0 Å². The SMILES string of the molecule is c1ccc(B2c3ccc(-c4ccc5c(c4)c4ccccc4n5-c4ccccc4)cc3-c3c2cccc3-c2ccc(-c3nc4ccccn4c3-c3ccccc3)cc2)cc1. The van der Waals surface area contributed by atoms with Gasteiger partial charge in [-0.05, 0) is 81.9 Å². The Morgan fingerprint density at radius 2 is 1.07 bits per heavy atom. The van der Waals surface area contributed by atoms with E-state index in [0.717, 1.165) is 28.2 Å².